The largest absolute Gasteiger partial charge is 0.417 e. The van der Waals surface area contributed by atoms with E-state index in [0.717, 1.165) is 6.42 Å². The zero-order valence-electron chi connectivity index (χ0n) is 12.7. The summed E-state index contributed by atoms with van der Waals surface area (Å²) in [5, 5.41) is 9.55. The highest BCUT2D eigenvalue weighted by atomic mass is 19.4. The Labute approximate surface area is 123 Å². The lowest BCUT2D eigenvalue weighted by atomic mass is 9.90. The number of aliphatic hydroxyl groups is 1. The van der Waals surface area contributed by atoms with E-state index in [0.29, 0.717) is 12.5 Å². The molecule has 1 N–H and O–H groups in total. The predicted octanol–water partition coefficient (Wildman–Crippen LogP) is 2.35. The number of alkyl halides is 3. The predicted molar refractivity (Wildman–Crippen MR) is 71.7 cm³/mol. The van der Waals surface area contributed by atoms with E-state index in [2.05, 4.69) is 0 Å². The third-order valence-corrected chi connectivity index (χ3v) is 3.84. The van der Waals surface area contributed by atoms with Crippen LogP contribution in [0, 0.1) is 5.92 Å². The molecule has 7 heteroatoms. The molecule has 0 saturated carbocycles. The summed E-state index contributed by atoms with van der Waals surface area (Å²) in [7, 11) is 0. The van der Waals surface area contributed by atoms with Crippen LogP contribution in [0.5, 0.6) is 0 Å². The van der Waals surface area contributed by atoms with Crippen molar-refractivity contribution in [2.45, 2.75) is 57.9 Å². The lowest BCUT2D eigenvalue weighted by Crippen LogP contribution is -2.55. The van der Waals surface area contributed by atoms with Crippen molar-refractivity contribution in [2.75, 3.05) is 19.7 Å². The smallest absolute Gasteiger partial charge is 0.380 e. The zero-order valence-corrected chi connectivity index (χ0v) is 12.7. The maximum Gasteiger partial charge on any atom is 0.417 e. The van der Waals surface area contributed by atoms with E-state index in [9.17, 15) is 23.1 Å². The fourth-order valence-corrected chi connectivity index (χ4v) is 2.19. The molecule has 1 saturated heterocycles. The van der Waals surface area contributed by atoms with Crippen LogP contribution >= 0.6 is 0 Å². The lowest BCUT2D eigenvalue weighted by Gasteiger charge is -2.39. The van der Waals surface area contributed by atoms with Crippen molar-refractivity contribution in [1.82, 2.24) is 4.90 Å². The van der Waals surface area contributed by atoms with Crippen LogP contribution in [0.1, 0.15) is 40.0 Å². The number of likely N-dealkylation sites (tertiary alicyclic amines) is 1. The molecular formula is C14H24F3NO3. The summed E-state index contributed by atoms with van der Waals surface area (Å²) >= 11 is 0. The molecule has 0 aromatic rings. The molecule has 0 aromatic heterocycles. The Balaban J connectivity index is 2.45. The monoisotopic (exact) mass is 311 g/mol. The molecule has 1 aliphatic rings. The highest BCUT2D eigenvalue weighted by molar-refractivity contribution is 5.80. The summed E-state index contributed by atoms with van der Waals surface area (Å²) < 4.78 is 43.4. The fraction of sp³-hybridized carbons (Fsp3) is 0.929. The van der Waals surface area contributed by atoms with Gasteiger partial charge in [0.15, 0.2) is 5.60 Å². The molecule has 0 bridgehead atoms. The number of rotatable bonds is 5. The van der Waals surface area contributed by atoms with Crippen molar-refractivity contribution < 1.29 is 27.8 Å². The van der Waals surface area contributed by atoms with Crippen molar-refractivity contribution in [2.24, 2.45) is 5.92 Å². The van der Waals surface area contributed by atoms with Gasteiger partial charge in [-0.15, -0.1) is 0 Å². The number of ether oxygens (including phenoxy) is 1. The van der Waals surface area contributed by atoms with Gasteiger partial charge in [-0.05, 0) is 19.3 Å². The van der Waals surface area contributed by atoms with Gasteiger partial charge in [0.25, 0.3) is 5.91 Å². The van der Waals surface area contributed by atoms with E-state index >= 15 is 0 Å². The van der Waals surface area contributed by atoms with Gasteiger partial charge in [-0.3, -0.25) is 4.79 Å². The molecule has 4 nitrogen and oxygen atoms in total. The van der Waals surface area contributed by atoms with Gasteiger partial charge in [0.2, 0.25) is 0 Å². The van der Waals surface area contributed by atoms with Gasteiger partial charge in [0.05, 0.1) is 0 Å². The molecule has 1 rings (SSSR count). The van der Waals surface area contributed by atoms with Gasteiger partial charge < -0.3 is 14.7 Å². The normalized spacial score (nSPS) is 20.7. The van der Waals surface area contributed by atoms with Gasteiger partial charge in [-0.1, -0.05) is 13.8 Å². The maximum atomic E-state index is 12.7. The molecule has 1 heterocycles. The van der Waals surface area contributed by atoms with Crippen LogP contribution in [0.25, 0.3) is 0 Å². The highest BCUT2D eigenvalue weighted by Gasteiger charge is 2.55. The van der Waals surface area contributed by atoms with E-state index < -0.39 is 30.7 Å². The van der Waals surface area contributed by atoms with Crippen LogP contribution in [-0.2, 0) is 9.53 Å². The number of nitrogens with zero attached hydrogens (tertiary/aromatic N) is 1. The molecule has 1 fully saturated rings. The molecule has 1 amide bonds. The van der Waals surface area contributed by atoms with Crippen molar-refractivity contribution in [1.29, 1.82) is 0 Å². The second-order valence-electron chi connectivity index (χ2n) is 6.05. The lowest BCUT2D eigenvalue weighted by molar-refractivity contribution is -0.272. The number of piperidine rings is 1. The quantitative estimate of drug-likeness (QED) is 0.848. The second-order valence-corrected chi connectivity index (χ2v) is 6.05. The topological polar surface area (TPSA) is 49.8 Å². The van der Waals surface area contributed by atoms with Crippen molar-refractivity contribution >= 4 is 5.91 Å². The van der Waals surface area contributed by atoms with E-state index in [4.69, 9.17) is 4.74 Å². The summed E-state index contributed by atoms with van der Waals surface area (Å²) in [5.41, 5.74) is -2.68. The molecule has 0 aromatic carbocycles. The Kier molecular flexibility index (Phi) is 6.04. The van der Waals surface area contributed by atoms with E-state index in [1.165, 1.54) is 4.90 Å². The average Bonchev–Trinajstić information content (AvgIpc) is 2.37. The van der Waals surface area contributed by atoms with E-state index in [1.54, 1.807) is 6.92 Å². The molecular weight excluding hydrogens is 287 g/mol. The Hall–Kier alpha value is -0.820. The van der Waals surface area contributed by atoms with E-state index in [1.807, 2.05) is 13.8 Å². The Morgan fingerprint density at radius 3 is 2.24 bits per heavy atom. The van der Waals surface area contributed by atoms with Crippen LogP contribution in [-0.4, -0.2) is 53.5 Å². The van der Waals surface area contributed by atoms with Gasteiger partial charge in [0, 0.05) is 32.5 Å². The van der Waals surface area contributed by atoms with Gasteiger partial charge in [-0.2, -0.15) is 13.2 Å². The standard InChI is InChI=1S/C14H24F3NO3/c1-10(2)4-9-21-11(3)12(19)18-7-5-13(20,6-8-18)14(15,16)17/h10-11,20H,4-9H2,1-3H3. The number of hydrogen-bond acceptors (Lipinski definition) is 3. The Morgan fingerprint density at radius 1 is 1.29 bits per heavy atom. The molecule has 1 unspecified atom stereocenters. The summed E-state index contributed by atoms with van der Waals surface area (Å²) in [4.78, 5) is 13.4. The second kappa shape index (κ2) is 6.96. The molecule has 1 atom stereocenters. The van der Waals surface area contributed by atoms with E-state index in [-0.39, 0.29) is 19.0 Å². The first-order chi connectivity index (χ1) is 9.57. The first-order valence-electron chi connectivity index (χ1n) is 7.26. The van der Waals surface area contributed by atoms with Crippen molar-refractivity contribution in [3.05, 3.63) is 0 Å². The first-order valence-corrected chi connectivity index (χ1v) is 7.26. The van der Waals surface area contributed by atoms with Crippen molar-refractivity contribution in [3.63, 3.8) is 0 Å². The van der Waals surface area contributed by atoms with Crippen LogP contribution in [0.15, 0.2) is 0 Å². The number of amides is 1. The minimum atomic E-state index is -4.65. The van der Waals surface area contributed by atoms with Crippen LogP contribution in [0.4, 0.5) is 13.2 Å². The highest BCUT2D eigenvalue weighted by Crippen LogP contribution is 2.38. The SMILES string of the molecule is CC(C)CCOC(C)C(=O)N1CCC(O)(C(F)(F)F)CC1. The molecule has 0 aliphatic carbocycles. The number of hydrogen-bond donors (Lipinski definition) is 1. The minimum absolute atomic E-state index is 0.104. The van der Waals surface area contributed by atoms with Crippen LogP contribution in [0.3, 0.4) is 0 Å². The number of carbonyl (C=O) groups is 1. The average molecular weight is 311 g/mol. The van der Waals surface area contributed by atoms with Crippen molar-refractivity contribution in [3.8, 4) is 0 Å². The van der Waals surface area contributed by atoms with Gasteiger partial charge >= 0.3 is 6.18 Å². The van der Waals surface area contributed by atoms with Crippen LogP contribution in [0.2, 0.25) is 0 Å². The van der Waals surface area contributed by atoms with Gasteiger partial charge in [0.1, 0.15) is 6.10 Å². The third-order valence-electron chi connectivity index (χ3n) is 3.84. The molecule has 1 aliphatic heterocycles. The molecule has 0 spiro atoms. The fourth-order valence-electron chi connectivity index (χ4n) is 2.19. The minimum Gasteiger partial charge on any atom is -0.380 e. The third kappa shape index (κ3) is 4.85. The zero-order chi connectivity index (χ0) is 16.3. The summed E-state index contributed by atoms with van der Waals surface area (Å²) in [6, 6.07) is 0. The maximum absolute atomic E-state index is 12.7. The Bertz CT molecular complexity index is 350. The number of halogens is 3. The summed E-state index contributed by atoms with van der Waals surface area (Å²) in [6.45, 7) is 5.93. The Morgan fingerprint density at radius 2 is 1.81 bits per heavy atom. The molecule has 21 heavy (non-hydrogen) atoms. The summed E-state index contributed by atoms with van der Waals surface area (Å²) in [6.07, 6.45) is -5.46. The molecule has 124 valence electrons. The number of carbonyl (C=O) groups excluding carboxylic acids is 1. The van der Waals surface area contributed by atoms with Crippen LogP contribution < -0.4 is 0 Å². The molecule has 0 radical (unpaired) electrons. The van der Waals surface area contributed by atoms with Gasteiger partial charge in [-0.25, -0.2) is 0 Å². The first kappa shape index (κ1) is 18.2. The summed E-state index contributed by atoms with van der Waals surface area (Å²) in [5.74, 6) is 0.145.